The van der Waals surface area contributed by atoms with Gasteiger partial charge >= 0.3 is 0 Å². The molecule has 0 spiro atoms. The molecule has 0 aromatic carbocycles. The van der Waals surface area contributed by atoms with Crippen molar-refractivity contribution in [2.24, 2.45) is 17.6 Å². The molecule has 0 aromatic rings. The van der Waals surface area contributed by atoms with Crippen molar-refractivity contribution in [2.45, 2.75) is 79.1 Å². The van der Waals surface area contributed by atoms with Crippen LogP contribution in [-0.4, -0.2) is 15.8 Å². The van der Waals surface area contributed by atoms with Crippen LogP contribution in [0.25, 0.3) is 0 Å². The molecule has 20 heavy (non-hydrogen) atoms. The summed E-state index contributed by atoms with van der Waals surface area (Å²) < 4.78 is 0.813. The standard InChI is InChI=1S/C17H37NS2/c1-15(2)11-7-5-9-13-20(17(18)19)14-10-6-8-12-16(3)4/h15-16,20H,5-14H2,1-4H3,(H2,18,19). The van der Waals surface area contributed by atoms with E-state index in [4.69, 9.17) is 18.0 Å². The molecule has 0 aliphatic heterocycles. The highest BCUT2D eigenvalue weighted by Crippen LogP contribution is 2.29. The van der Waals surface area contributed by atoms with E-state index in [1.54, 1.807) is 0 Å². The minimum Gasteiger partial charge on any atom is -0.386 e. The Kier molecular flexibility index (Phi) is 13.1. The first-order valence-corrected chi connectivity index (χ1v) is 10.6. The maximum atomic E-state index is 5.92. The molecule has 0 atom stereocenters. The fourth-order valence-corrected chi connectivity index (χ4v) is 4.82. The van der Waals surface area contributed by atoms with E-state index in [2.05, 4.69) is 27.7 Å². The first kappa shape index (κ1) is 20.2. The van der Waals surface area contributed by atoms with Crippen molar-refractivity contribution in [1.29, 1.82) is 0 Å². The molecule has 2 N–H and O–H groups in total. The number of rotatable bonds is 12. The molecule has 0 fully saturated rings. The predicted octanol–water partition coefficient (Wildman–Crippen LogP) is 5.66. The van der Waals surface area contributed by atoms with E-state index in [9.17, 15) is 0 Å². The summed E-state index contributed by atoms with van der Waals surface area (Å²) in [6.45, 7) is 9.22. The lowest BCUT2D eigenvalue weighted by molar-refractivity contribution is 0.534. The van der Waals surface area contributed by atoms with Crippen LogP contribution in [-0.2, 0) is 0 Å². The highest BCUT2D eigenvalue weighted by Gasteiger charge is 2.07. The third-order valence-electron chi connectivity index (χ3n) is 3.73. The van der Waals surface area contributed by atoms with Crippen LogP contribution in [0.3, 0.4) is 0 Å². The average molecular weight is 320 g/mol. The lowest BCUT2D eigenvalue weighted by atomic mass is 10.1. The van der Waals surface area contributed by atoms with Crippen LogP contribution in [0.2, 0.25) is 0 Å². The molecule has 0 radical (unpaired) electrons. The molecule has 122 valence electrons. The van der Waals surface area contributed by atoms with E-state index >= 15 is 0 Å². The van der Waals surface area contributed by atoms with Gasteiger partial charge in [-0.25, -0.2) is 10.9 Å². The second-order valence-corrected chi connectivity index (χ2v) is 10.0. The minimum absolute atomic E-state index is 0.174. The number of unbranched alkanes of at least 4 members (excludes halogenated alkanes) is 4. The lowest BCUT2D eigenvalue weighted by Crippen LogP contribution is -2.13. The highest BCUT2D eigenvalue weighted by atomic mass is 32.2. The smallest absolute Gasteiger partial charge is 0.111 e. The van der Waals surface area contributed by atoms with Crippen LogP contribution in [0.5, 0.6) is 0 Å². The number of thiol groups is 1. The van der Waals surface area contributed by atoms with Crippen LogP contribution in [0.15, 0.2) is 0 Å². The van der Waals surface area contributed by atoms with Crippen molar-refractivity contribution in [3.63, 3.8) is 0 Å². The highest BCUT2D eigenvalue weighted by molar-refractivity contribution is 8.36. The quantitative estimate of drug-likeness (QED) is 0.275. The summed E-state index contributed by atoms with van der Waals surface area (Å²) in [5.41, 5.74) is 5.92. The number of hydrogen-bond donors (Lipinski definition) is 2. The van der Waals surface area contributed by atoms with Gasteiger partial charge < -0.3 is 5.73 Å². The minimum atomic E-state index is -0.174. The van der Waals surface area contributed by atoms with Crippen LogP contribution >= 0.6 is 23.1 Å². The third-order valence-corrected chi connectivity index (χ3v) is 6.84. The van der Waals surface area contributed by atoms with Gasteiger partial charge in [-0.2, -0.15) is 0 Å². The summed E-state index contributed by atoms with van der Waals surface area (Å²) in [6.07, 6.45) is 10.8. The zero-order chi connectivity index (χ0) is 15.4. The Balaban J connectivity index is 3.64. The van der Waals surface area contributed by atoms with Gasteiger partial charge in [-0.3, -0.25) is 0 Å². The maximum absolute atomic E-state index is 5.92. The molecule has 0 aliphatic rings. The molecule has 0 bridgehead atoms. The lowest BCUT2D eigenvalue weighted by Gasteiger charge is -2.20. The molecule has 3 heteroatoms. The van der Waals surface area contributed by atoms with Gasteiger partial charge in [0.25, 0.3) is 0 Å². The van der Waals surface area contributed by atoms with Crippen molar-refractivity contribution >= 4 is 27.4 Å². The van der Waals surface area contributed by atoms with Crippen molar-refractivity contribution in [1.82, 2.24) is 0 Å². The molecule has 0 aliphatic carbocycles. The van der Waals surface area contributed by atoms with Gasteiger partial charge in [0.15, 0.2) is 0 Å². The van der Waals surface area contributed by atoms with Gasteiger partial charge in [-0.1, -0.05) is 78.4 Å². The van der Waals surface area contributed by atoms with E-state index in [-0.39, 0.29) is 10.9 Å². The Labute approximate surface area is 135 Å². The molecule has 0 saturated heterocycles. The fourth-order valence-electron chi connectivity index (χ4n) is 2.40. The van der Waals surface area contributed by atoms with E-state index in [0.29, 0.717) is 0 Å². The van der Waals surface area contributed by atoms with Crippen molar-refractivity contribution < 1.29 is 0 Å². The summed E-state index contributed by atoms with van der Waals surface area (Å²) in [6, 6.07) is 0. The molecule has 1 nitrogen and oxygen atoms in total. The van der Waals surface area contributed by atoms with Gasteiger partial charge in [0, 0.05) is 0 Å². The molecule has 0 rings (SSSR count). The van der Waals surface area contributed by atoms with Gasteiger partial charge in [-0.15, -0.1) is 0 Å². The molecule has 0 amide bonds. The first-order valence-electron chi connectivity index (χ1n) is 8.47. The second kappa shape index (κ2) is 12.9. The summed E-state index contributed by atoms with van der Waals surface area (Å²) in [4.78, 5) is 0. The summed E-state index contributed by atoms with van der Waals surface area (Å²) in [5, 5.41) is 0. The first-order chi connectivity index (χ1) is 9.43. The van der Waals surface area contributed by atoms with Gasteiger partial charge in [-0.05, 0) is 36.2 Å². The fraction of sp³-hybridized carbons (Fsp3) is 0.941. The molecular weight excluding hydrogens is 282 g/mol. The number of thiocarbonyl (C=S) groups is 1. The topological polar surface area (TPSA) is 26.0 Å². The van der Waals surface area contributed by atoms with Gasteiger partial charge in [0.2, 0.25) is 0 Å². The van der Waals surface area contributed by atoms with E-state index in [0.717, 1.165) is 16.2 Å². The Morgan fingerprint density at radius 3 is 1.50 bits per heavy atom. The van der Waals surface area contributed by atoms with E-state index in [1.165, 1.54) is 62.9 Å². The Bertz CT molecular complexity index is 221. The zero-order valence-corrected chi connectivity index (χ0v) is 15.9. The van der Waals surface area contributed by atoms with E-state index in [1.807, 2.05) is 0 Å². The Hall–Kier alpha value is 0.240. The van der Waals surface area contributed by atoms with Crippen molar-refractivity contribution in [3.8, 4) is 0 Å². The largest absolute Gasteiger partial charge is 0.386 e. The summed E-state index contributed by atoms with van der Waals surface area (Å²) >= 11 is 5.26. The van der Waals surface area contributed by atoms with E-state index < -0.39 is 0 Å². The molecule has 0 saturated carbocycles. The van der Waals surface area contributed by atoms with Gasteiger partial charge in [0.1, 0.15) is 4.32 Å². The average Bonchev–Trinajstić information content (AvgIpc) is 2.34. The normalized spacial score (nSPS) is 12.2. The number of nitrogens with two attached hydrogens (primary N) is 1. The third kappa shape index (κ3) is 13.2. The molecule has 0 unspecified atom stereocenters. The zero-order valence-electron chi connectivity index (χ0n) is 14.2. The van der Waals surface area contributed by atoms with Crippen LogP contribution < -0.4 is 5.73 Å². The van der Waals surface area contributed by atoms with Crippen LogP contribution in [0.4, 0.5) is 0 Å². The Morgan fingerprint density at radius 1 is 0.800 bits per heavy atom. The van der Waals surface area contributed by atoms with Crippen LogP contribution in [0, 0.1) is 11.8 Å². The van der Waals surface area contributed by atoms with Gasteiger partial charge in [0.05, 0.1) is 0 Å². The monoisotopic (exact) mass is 319 g/mol. The SMILES string of the molecule is CC(C)CCCCC[SH](CCCCCC(C)C)C(N)=S. The predicted molar refractivity (Wildman–Crippen MR) is 102 cm³/mol. The second-order valence-electron chi connectivity index (χ2n) is 6.81. The summed E-state index contributed by atoms with van der Waals surface area (Å²) in [5.74, 6) is 4.22. The Morgan fingerprint density at radius 2 is 1.20 bits per heavy atom. The van der Waals surface area contributed by atoms with Crippen LogP contribution in [0.1, 0.15) is 79.1 Å². The molecule has 0 aromatic heterocycles. The molecule has 0 heterocycles. The summed E-state index contributed by atoms with van der Waals surface area (Å²) in [7, 11) is -0.174. The van der Waals surface area contributed by atoms with Crippen molar-refractivity contribution in [2.75, 3.05) is 11.5 Å². The maximum Gasteiger partial charge on any atom is 0.111 e. The number of hydrogen-bond acceptors (Lipinski definition) is 1. The van der Waals surface area contributed by atoms with Crippen molar-refractivity contribution in [3.05, 3.63) is 0 Å². The molecular formula is C17H37NS2.